The van der Waals surface area contributed by atoms with Gasteiger partial charge in [-0.3, -0.25) is 9.89 Å². The average Bonchev–Trinajstić information content (AvgIpc) is 2.72. The molecule has 0 radical (unpaired) electrons. The zero-order valence-electron chi connectivity index (χ0n) is 11.3. The number of hydrogen-bond acceptors (Lipinski definition) is 4. The van der Waals surface area contributed by atoms with E-state index in [-0.39, 0.29) is 11.2 Å². The van der Waals surface area contributed by atoms with Crippen molar-refractivity contribution in [2.45, 2.75) is 17.1 Å². The van der Waals surface area contributed by atoms with Gasteiger partial charge in [-0.1, -0.05) is 12.1 Å². The van der Waals surface area contributed by atoms with Crippen molar-refractivity contribution in [1.29, 1.82) is 0 Å². The molecule has 1 aromatic heterocycles. The molecule has 2 aromatic rings. The number of nitrogens with zero attached hydrogens (tertiary/aromatic N) is 1. The molecule has 0 bridgehead atoms. The molecule has 6 heteroatoms. The first-order valence-corrected chi connectivity index (χ1v) is 8.56. The highest BCUT2D eigenvalue weighted by Gasteiger charge is 2.27. The van der Waals surface area contributed by atoms with Gasteiger partial charge in [0.1, 0.15) is 0 Å². The number of amides is 1. The average molecular weight is 305 g/mol. The van der Waals surface area contributed by atoms with E-state index in [0.29, 0.717) is 11.6 Å². The lowest BCUT2D eigenvalue weighted by Gasteiger charge is -2.15. The van der Waals surface area contributed by atoms with Gasteiger partial charge in [-0.2, -0.15) is 5.10 Å². The molecule has 0 fully saturated rings. The predicted octanol–water partition coefficient (Wildman–Crippen LogP) is 3.21. The number of aryl methyl sites for hydroxylation is 1. The molecular weight excluding hydrogens is 290 g/mol. The molecule has 0 unspecified atom stereocenters. The topological polar surface area (TPSA) is 57.8 Å². The van der Waals surface area contributed by atoms with Gasteiger partial charge in [0.25, 0.3) is 0 Å². The zero-order chi connectivity index (χ0) is 14.1. The van der Waals surface area contributed by atoms with Crippen LogP contribution in [0, 0.1) is 6.92 Å². The van der Waals surface area contributed by atoms with E-state index in [9.17, 15) is 4.79 Å². The van der Waals surface area contributed by atoms with Crippen LogP contribution >= 0.6 is 23.5 Å². The molecule has 1 aromatic carbocycles. The fourth-order valence-electron chi connectivity index (χ4n) is 2.31. The molecule has 20 heavy (non-hydrogen) atoms. The first kappa shape index (κ1) is 13.6. The second-order valence-corrected chi connectivity index (χ2v) is 6.60. The number of benzene rings is 1. The fraction of sp³-hybridized carbons (Fsp3) is 0.286. The fourth-order valence-corrected chi connectivity index (χ4v) is 3.91. The lowest BCUT2D eigenvalue weighted by atomic mass is 10.0. The van der Waals surface area contributed by atoms with Crippen LogP contribution in [0.15, 0.2) is 29.2 Å². The van der Waals surface area contributed by atoms with E-state index in [4.69, 9.17) is 0 Å². The summed E-state index contributed by atoms with van der Waals surface area (Å²) in [5.74, 6) is 1.12. The van der Waals surface area contributed by atoms with Crippen LogP contribution in [-0.4, -0.2) is 28.1 Å². The first-order chi connectivity index (χ1) is 9.69. The Morgan fingerprint density at radius 1 is 1.35 bits per heavy atom. The number of nitrogens with one attached hydrogen (secondary N) is 2. The Bertz CT molecular complexity index is 636. The Morgan fingerprint density at radius 3 is 2.80 bits per heavy atom. The SMILES string of the molecule is CSc1ccc([C@@H]2SCC(=O)Nc3n[nH]c(C)c32)cc1. The van der Waals surface area contributed by atoms with Crippen LogP contribution in [0.2, 0.25) is 0 Å². The summed E-state index contributed by atoms with van der Waals surface area (Å²) in [5.41, 5.74) is 3.29. The number of aromatic nitrogens is 2. The van der Waals surface area contributed by atoms with E-state index >= 15 is 0 Å². The summed E-state index contributed by atoms with van der Waals surface area (Å²) >= 11 is 3.37. The molecule has 0 spiro atoms. The Kier molecular flexibility index (Phi) is 3.76. The van der Waals surface area contributed by atoms with Gasteiger partial charge in [-0.05, 0) is 30.9 Å². The molecule has 0 saturated heterocycles. The summed E-state index contributed by atoms with van der Waals surface area (Å²) in [6.45, 7) is 1.99. The molecule has 1 atom stereocenters. The summed E-state index contributed by atoms with van der Waals surface area (Å²) in [6.07, 6.45) is 2.07. The van der Waals surface area contributed by atoms with E-state index < -0.39 is 0 Å². The number of H-pyrrole nitrogens is 1. The van der Waals surface area contributed by atoms with Crippen LogP contribution in [0.25, 0.3) is 0 Å². The summed E-state index contributed by atoms with van der Waals surface area (Å²) in [4.78, 5) is 13.0. The monoisotopic (exact) mass is 305 g/mol. The molecule has 1 aliphatic heterocycles. The molecule has 1 aliphatic rings. The van der Waals surface area contributed by atoms with Gasteiger partial charge >= 0.3 is 0 Å². The van der Waals surface area contributed by atoms with E-state index in [1.807, 2.05) is 6.92 Å². The number of anilines is 1. The van der Waals surface area contributed by atoms with Gasteiger partial charge in [-0.15, -0.1) is 23.5 Å². The van der Waals surface area contributed by atoms with Crippen LogP contribution in [0.1, 0.15) is 22.1 Å². The molecule has 3 rings (SSSR count). The predicted molar refractivity (Wildman–Crippen MR) is 84.5 cm³/mol. The lowest BCUT2D eigenvalue weighted by molar-refractivity contribution is -0.113. The van der Waals surface area contributed by atoms with E-state index in [2.05, 4.69) is 46.0 Å². The molecule has 104 valence electrons. The Balaban J connectivity index is 2.03. The maximum Gasteiger partial charge on any atom is 0.235 e. The Hall–Kier alpha value is -1.40. The molecule has 0 aliphatic carbocycles. The molecule has 0 saturated carbocycles. The minimum absolute atomic E-state index is 0.00554. The first-order valence-electron chi connectivity index (χ1n) is 6.29. The standard InChI is InChI=1S/C14H15N3OS2/c1-8-12-13(9-3-5-10(19-2)6-4-9)20-7-11(18)15-14(12)17-16-8/h3-6,13H,7H2,1-2H3,(H2,15,16,17,18)/t13-/m0/s1. The maximum atomic E-state index is 11.7. The summed E-state index contributed by atoms with van der Waals surface area (Å²) in [7, 11) is 0. The third kappa shape index (κ3) is 2.45. The van der Waals surface area contributed by atoms with Crippen molar-refractivity contribution in [1.82, 2.24) is 10.2 Å². The van der Waals surface area contributed by atoms with E-state index in [1.54, 1.807) is 23.5 Å². The van der Waals surface area contributed by atoms with Crippen molar-refractivity contribution in [2.24, 2.45) is 0 Å². The number of thioether (sulfide) groups is 2. The highest BCUT2D eigenvalue weighted by molar-refractivity contribution is 8.00. The number of rotatable bonds is 2. The summed E-state index contributed by atoms with van der Waals surface area (Å²) < 4.78 is 0. The summed E-state index contributed by atoms with van der Waals surface area (Å²) in [5, 5.41) is 10.2. The molecule has 2 heterocycles. The van der Waals surface area contributed by atoms with Gasteiger partial charge in [0.05, 0.1) is 11.0 Å². The highest BCUT2D eigenvalue weighted by atomic mass is 32.2. The van der Waals surface area contributed by atoms with Crippen molar-refractivity contribution in [2.75, 3.05) is 17.3 Å². The Labute approximate surface area is 126 Å². The number of carbonyl (C=O) groups excluding carboxylic acids is 1. The quantitative estimate of drug-likeness (QED) is 0.837. The highest BCUT2D eigenvalue weighted by Crippen LogP contribution is 2.42. The van der Waals surface area contributed by atoms with Crippen molar-refractivity contribution in [3.05, 3.63) is 41.1 Å². The van der Waals surface area contributed by atoms with Gasteiger partial charge in [0.15, 0.2) is 5.82 Å². The van der Waals surface area contributed by atoms with Crippen LogP contribution in [0.5, 0.6) is 0 Å². The third-order valence-electron chi connectivity index (χ3n) is 3.31. The minimum Gasteiger partial charge on any atom is -0.308 e. The number of aromatic amines is 1. The molecule has 2 N–H and O–H groups in total. The second kappa shape index (κ2) is 5.54. The second-order valence-electron chi connectivity index (χ2n) is 4.62. The van der Waals surface area contributed by atoms with Crippen LogP contribution in [-0.2, 0) is 4.79 Å². The van der Waals surface area contributed by atoms with Gasteiger partial charge in [-0.25, -0.2) is 0 Å². The van der Waals surface area contributed by atoms with Crippen molar-refractivity contribution in [3.8, 4) is 0 Å². The summed E-state index contributed by atoms with van der Waals surface area (Å²) in [6, 6.07) is 8.51. The van der Waals surface area contributed by atoms with E-state index in [0.717, 1.165) is 11.3 Å². The van der Waals surface area contributed by atoms with Crippen molar-refractivity contribution < 1.29 is 4.79 Å². The Morgan fingerprint density at radius 2 is 2.10 bits per heavy atom. The molecular formula is C14H15N3OS2. The zero-order valence-corrected chi connectivity index (χ0v) is 12.9. The minimum atomic E-state index is 0.00554. The normalized spacial score (nSPS) is 18.3. The van der Waals surface area contributed by atoms with Gasteiger partial charge < -0.3 is 5.32 Å². The van der Waals surface area contributed by atoms with Crippen LogP contribution in [0.4, 0.5) is 5.82 Å². The van der Waals surface area contributed by atoms with Crippen molar-refractivity contribution in [3.63, 3.8) is 0 Å². The van der Waals surface area contributed by atoms with Gasteiger partial charge in [0.2, 0.25) is 5.91 Å². The smallest absolute Gasteiger partial charge is 0.235 e. The number of carbonyl (C=O) groups is 1. The van der Waals surface area contributed by atoms with Crippen molar-refractivity contribution >= 4 is 35.2 Å². The molecule has 1 amide bonds. The maximum absolute atomic E-state index is 11.7. The van der Waals surface area contributed by atoms with Crippen LogP contribution < -0.4 is 5.32 Å². The molecule has 4 nitrogen and oxygen atoms in total. The van der Waals surface area contributed by atoms with Gasteiger partial charge in [0, 0.05) is 16.2 Å². The lowest BCUT2D eigenvalue weighted by Crippen LogP contribution is -2.12. The van der Waals surface area contributed by atoms with Crippen LogP contribution in [0.3, 0.4) is 0 Å². The third-order valence-corrected chi connectivity index (χ3v) is 5.33. The largest absolute Gasteiger partial charge is 0.308 e. The number of hydrogen-bond donors (Lipinski definition) is 2. The number of fused-ring (bicyclic) bond motifs is 1. The van der Waals surface area contributed by atoms with E-state index in [1.165, 1.54) is 10.5 Å².